The van der Waals surface area contributed by atoms with Crippen molar-refractivity contribution in [1.29, 1.82) is 0 Å². The smallest absolute Gasteiger partial charge is 0.250 e. The second kappa shape index (κ2) is 4.41. The first-order valence-corrected chi connectivity index (χ1v) is 5.24. The van der Waals surface area contributed by atoms with Crippen molar-refractivity contribution in [2.75, 3.05) is 5.73 Å². The molecule has 1 aromatic carbocycles. The molecule has 2 rings (SSSR count). The van der Waals surface area contributed by atoms with Gasteiger partial charge in [-0.05, 0) is 29.8 Å². The van der Waals surface area contributed by atoms with Gasteiger partial charge in [-0.2, -0.15) is 0 Å². The number of rotatable bonds is 2. The molecule has 4 heteroatoms. The van der Waals surface area contributed by atoms with E-state index in [4.69, 9.17) is 17.3 Å². The molecule has 16 heavy (non-hydrogen) atoms. The van der Waals surface area contributed by atoms with Crippen LogP contribution in [0.3, 0.4) is 0 Å². The van der Waals surface area contributed by atoms with Crippen molar-refractivity contribution >= 4 is 17.3 Å². The zero-order valence-electron chi connectivity index (χ0n) is 8.56. The van der Waals surface area contributed by atoms with Crippen molar-refractivity contribution in [3.8, 4) is 0 Å². The van der Waals surface area contributed by atoms with Crippen LogP contribution in [0.5, 0.6) is 0 Å². The molecule has 1 heterocycles. The fourth-order valence-corrected chi connectivity index (χ4v) is 1.67. The van der Waals surface area contributed by atoms with E-state index in [9.17, 15) is 4.79 Å². The summed E-state index contributed by atoms with van der Waals surface area (Å²) >= 11 is 6.03. The van der Waals surface area contributed by atoms with Crippen LogP contribution in [0.15, 0.2) is 47.4 Å². The summed E-state index contributed by atoms with van der Waals surface area (Å²) in [7, 11) is 0. The first kappa shape index (κ1) is 10.8. The Bertz CT molecular complexity index is 563. The predicted molar refractivity (Wildman–Crippen MR) is 65.7 cm³/mol. The Morgan fingerprint density at radius 3 is 2.81 bits per heavy atom. The maximum Gasteiger partial charge on any atom is 0.250 e. The Kier molecular flexibility index (Phi) is 2.97. The number of nitrogen functional groups attached to an aromatic ring is 1. The van der Waals surface area contributed by atoms with Crippen LogP contribution in [0.2, 0.25) is 5.02 Å². The molecule has 3 nitrogen and oxygen atoms in total. The summed E-state index contributed by atoms with van der Waals surface area (Å²) in [5.41, 5.74) is 7.10. The zero-order valence-corrected chi connectivity index (χ0v) is 9.32. The van der Waals surface area contributed by atoms with E-state index in [0.717, 1.165) is 5.56 Å². The molecule has 0 aliphatic rings. The van der Waals surface area contributed by atoms with Crippen LogP contribution in [0.4, 0.5) is 5.69 Å². The van der Waals surface area contributed by atoms with E-state index in [1.807, 2.05) is 6.07 Å². The third-order valence-corrected chi connectivity index (χ3v) is 2.68. The molecule has 0 saturated carbocycles. The number of aromatic nitrogens is 1. The lowest BCUT2D eigenvalue weighted by molar-refractivity contribution is 0.760. The van der Waals surface area contributed by atoms with E-state index < -0.39 is 0 Å². The Labute approximate surface area is 98.1 Å². The van der Waals surface area contributed by atoms with Gasteiger partial charge >= 0.3 is 0 Å². The van der Waals surface area contributed by atoms with E-state index in [-0.39, 0.29) is 5.56 Å². The molecular weight excluding hydrogens is 224 g/mol. The zero-order chi connectivity index (χ0) is 11.5. The Morgan fingerprint density at radius 1 is 1.25 bits per heavy atom. The molecule has 0 fully saturated rings. The predicted octanol–water partition coefficient (Wildman–Crippen LogP) is 2.13. The van der Waals surface area contributed by atoms with Crippen molar-refractivity contribution in [2.24, 2.45) is 0 Å². The highest BCUT2D eigenvalue weighted by atomic mass is 35.5. The van der Waals surface area contributed by atoms with E-state index in [2.05, 4.69) is 0 Å². The van der Waals surface area contributed by atoms with Crippen LogP contribution < -0.4 is 11.3 Å². The van der Waals surface area contributed by atoms with Crippen molar-refractivity contribution in [1.82, 2.24) is 4.57 Å². The van der Waals surface area contributed by atoms with Crippen molar-refractivity contribution in [2.45, 2.75) is 6.54 Å². The number of nitrogens with two attached hydrogens (primary N) is 1. The van der Waals surface area contributed by atoms with Gasteiger partial charge < -0.3 is 10.3 Å². The number of benzene rings is 1. The summed E-state index contributed by atoms with van der Waals surface area (Å²) in [6.45, 7) is 0.434. The van der Waals surface area contributed by atoms with Crippen LogP contribution in [-0.4, -0.2) is 4.57 Å². The maximum absolute atomic E-state index is 11.5. The van der Waals surface area contributed by atoms with Crippen molar-refractivity contribution < 1.29 is 0 Å². The Hall–Kier alpha value is -1.74. The molecule has 1 aromatic heterocycles. The average Bonchev–Trinajstić information content (AvgIpc) is 2.27. The summed E-state index contributed by atoms with van der Waals surface area (Å²) in [5, 5.41) is 0.616. The number of nitrogens with zero attached hydrogens (tertiary/aromatic N) is 1. The summed E-state index contributed by atoms with van der Waals surface area (Å²) in [6, 6.07) is 10.3. The summed E-state index contributed by atoms with van der Waals surface area (Å²) in [6.07, 6.45) is 1.72. The molecular formula is C12H11ClN2O. The van der Waals surface area contributed by atoms with E-state index in [0.29, 0.717) is 17.3 Å². The fourth-order valence-electron chi connectivity index (χ4n) is 1.49. The monoisotopic (exact) mass is 234 g/mol. The molecule has 0 radical (unpaired) electrons. The quantitative estimate of drug-likeness (QED) is 0.810. The van der Waals surface area contributed by atoms with Crippen LogP contribution in [-0.2, 0) is 6.54 Å². The van der Waals surface area contributed by atoms with E-state index >= 15 is 0 Å². The minimum atomic E-state index is -0.0546. The van der Waals surface area contributed by atoms with E-state index in [1.54, 1.807) is 35.0 Å². The highest BCUT2D eigenvalue weighted by molar-refractivity contribution is 6.31. The van der Waals surface area contributed by atoms with Gasteiger partial charge in [0.2, 0.25) is 0 Å². The molecule has 0 aliphatic heterocycles. The number of hydrogen-bond donors (Lipinski definition) is 1. The molecule has 0 unspecified atom stereocenters. The van der Waals surface area contributed by atoms with Gasteiger partial charge in [0, 0.05) is 23.0 Å². The molecule has 0 saturated heterocycles. The van der Waals surface area contributed by atoms with Gasteiger partial charge in [-0.25, -0.2) is 0 Å². The molecule has 2 aromatic rings. The third kappa shape index (κ3) is 2.25. The van der Waals surface area contributed by atoms with E-state index in [1.165, 1.54) is 6.07 Å². The topological polar surface area (TPSA) is 48.0 Å². The standard InChI is InChI=1S/C12H11ClN2O/c13-11-5-4-10(14)7-9(11)8-15-6-2-1-3-12(15)16/h1-7H,8,14H2. The van der Waals surface area contributed by atoms with Gasteiger partial charge in [0.05, 0.1) is 6.54 Å². The Morgan fingerprint density at radius 2 is 2.06 bits per heavy atom. The van der Waals surface area contributed by atoms with Gasteiger partial charge in [-0.1, -0.05) is 17.7 Å². The third-order valence-electron chi connectivity index (χ3n) is 2.31. The first-order chi connectivity index (χ1) is 7.66. The normalized spacial score (nSPS) is 10.3. The minimum Gasteiger partial charge on any atom is -0.399 e. The summed E-state index contributed by atoms with van der Waals surface area (Å²) < 4.78 is 1.58. The largest absolute Gasteiger partial charge is 0.399 e. The Balaban J connectivity index is 2.38. The van der Waals surface area contributed by atoms with Gasteiger partial charge in [-0.15, -0.1) is 0 Å². The second-order valence-corrected chi connectivity index (χ2v) is 3.92. The summed E-state index contributed by atoms with van der Waals surface area (Å²) in [5.74, 6) is 0. The van der Waals surface area contributed by atoms with Crippen LogP contribution in [0.1, 0.15) is 5.56 Å². The number of anilines is 1. The molecule has 0 bridgehead atoms. The van der Waals surface area contributed by atoms with Crippen LogP contribution in [0, 0.1) is 0 Å². The lowest BCUT2D eigenvalue weighted by Crippen LogP contribution is -2.18. The fraction of sp³-hybridized carbons (Fsp3) is 0.0833. The molecule has 0 amide bonds. The lowest BCUT2D eigenvalue weighted by atomic mass is 10.2. The maximum atomic E-state index is 11.5. The molecule has 82 valence electrons. The van der Waals surface area contributed by atoms with Crippen molar-refractivity contribution in [3.63, 3.8) is 0 Å². The highest BCUT2D eigenvalue weighted by Crippen LogP contribution is 2.19. The molecule has 2 N–H and O–H groups in total. The molecule has 0 atom stereocenters. The lowest BCUT2D eigenvalue weighted by Gasteiger charge is -2.07. The minimum absolute atomic E-state index is 0.0546. The van der Waals surface area contributed by atoms with Gasteiger partial charge in [0.15, 0.2) is 0 Å². The SMILES string of the molecule is Nc1ccc(Cl)c(Cn2ccccc2=O)c1. The summed E-state index contributed by atoms with van der Waals surface area (Å²) in [4.78, 5) is 11.5. The van der Waals surface area contributed by atoms with Gasteiger partial charge in [0.1, 0.15) is 0 Å². The molecule has 0 spiro atoms. The number of halogens is 1. The van der Waals surface area contributed by atoms with Gasteiger partial charge in [-0.3, -0.25) is 4.79 Å². The first-order valence-electron chi connectivity index (χ1n) is 4.86. The number of pyridine rings is 1. The number of hydrogen-bond acceptors (Lipinski definition) is 2. The average molecular weight is 235 g/mol. The highest BCUT2D eigenvalue weighted by Gasteiger charge is 2.02. The van der Waals surface area contributed by atoms with Gasteiger partial charge in [0.25, 0.3) is 5.56 Å². The van der Waals surface area contributed by atoms with Crippen molar-refractivity contribution in [3.05, 3.63) is 63.5 Å². The molecule has 0 aliphatic carbocycles. The second-order valence-electron chi connectivity index (χ2n) is 3.52. The van der Waals surface area contributed by atoms with Crippen LogP contribution in [0.25, 0.3) is 0 Å². The van der Waals surface area contributed by atoms with Crippen LogP contribution >= 0.6 is 11.6 Å².